The summed E-state index contributed by atoms with van der Waals surface area (Å²) >= 11 is 0. The molecular formula is C27H22. The average molecular weight is 346 g/mol. The molecular weight excluding hydrogens is 324 g/mol. The first-order valence-electron chi connectivity index (χ1n) is 9.90. The third-order valence-electron chi connectivity index (χ3n) is 6.99. The molecule has 3 aliphatic carbocycles. The van der Waals surface area contributed by atoms with Crippen LogP contribution in [0.3, 0.4) is 0 Å². The molecule has 6 rings (SSSR count). The number of allylic oxidation sites excluding steroid dienone is 4. The largest absolute Gasteiger partial charge is 0.0773 e. The quantitative estimate of drug-likeness (QED) is 0.505. The fraction of sp³-hybridized carbons (Fsp3) is 0.185. The van der Waals surface area contributed by atoms with E-state index in [-0.39, 0.29) is 5.41 Å². The summed E-state index contributed by atoms with van der Waals surface area (Å²) in [5, 5.41) is 0. The molecule has 0 aliphatic heterocycles. The lowest BCUT2D eigenvalue weighted by Gasteiger charge is -2.37. The van der Waals surface area contributed by atoms with Gasteiger partial charge in [-0.2, -0.15) is 0 Å². The van der Waals surface area contributed by atoms with E-state index in [2.05, 4.69) is 104 Å². The summed E-state index contributed by atoms with van der Waals surface area (Å²) in [5.41, 5.74) is 8.84. The van der Waals surface area contributed by atoms with Crippen LogP contribution in [0, 0.1) is 11.3 Å². The molecule has 0 heteroatoms. The van der Waals surface area contributed by atoms with Crippen LogP contribution >= 0.6 is 0 Å². The van der Waals surface area contributed by atoms with E-state index < -0.39 is 0 Å². The van der Waals surface area contributed by atoms with E-state index in [9.17, 15) is 0 Å². The predicted octanol–water partition coefficient (Wildman–Crippen LogP) is 6.38. The van der Waals surface area contributed by atoms with E-state index in [1.54, 1.807) is 5.57 Å². The molecule has 0 nitrogen and oxygen atoms in total. The highest BCUT2D eigenvalue weighted by Crippen LogP contribution is 2.69. The zero-order valence-corrected chi connectivity index (χ0v) is 15.5. The van der Waals surface area contributed by atoms with Gasteiger partial charge < -0.3 is 0 Å². The van der Waals surface area contributed by atoms with Gasteiger partial charge in [0.15, 0.2) is 0 Å². The third-order valence-corrected chi connectivity index (χ3v) is 6.99. The lowest BCUT2D eigenvalue weighted by Crippen LogP contribution is -2.31. The van der Waals surface area contributed by atoms with Crippen molar-refractivity contribution in [1.29, 1.82) is 0 Å². The van der Waals surface area contributed by atoms with E-state index in [1.807, 2.05) is 0 Å². The van der Waals surface area contributed by atoms with Crippen LogP contribution in [-0.4, -0.2) is 0 Å². The van der Waals surface area contributed by atoms with E-state index in [4.69, 9.17) is 0 Å². The Morgan fingerprint density at radius 3 is 2.00 bits per heavy atom. The Hall–Kier alpha value is -2.86. The van der Waals surface area contributed by atoms with E-state index in [1.165, 1.54) is 34.2 Å². The molecule has 0 saturated heterocycles. The highest BCUT2D eigenvalue weighted by atomic mass is 14.6. The molecule has 3 aromatic carbocycles. The molecule has 0 bridgehead atoms. The first-order chi connectivity index (χ1) is 13.2. The van der Waals surface area contributed by atoms with Crippen LogP contribution in [0.4, 0.5) is 0 Å². The van der Waals surface area contributed by atoms with Gasteiger partial charge in [-0.05, 0) is 51.2 Å². The summed E-state index contributed by atoms with van der Waals surface area (Å²) < 4.78 is 0. The fourth-order valence-electron chi connectivity index (χ4n) is 5.60. The zero-order chi connectivity index (χ0) is 18.1. The van der Waals surface area contributed by atoms with Gasteiger partial charge in [-0.3, -0.25) is 0 Å². The van der Waals surface area contributed by atoms with E-state index >= 15 is 0 Å². The molecule has 3 aromatic rings. The van der Waals surface area contributed by atoms with E-state index in [0.717, 1.165) is 0 Å². The Labute approximate surface area is 160 Å². The van der Waals surface area contributed by atoms with Crippen molar-refractivity contribution in [2.75, 3.05) is 0 Å². The Kier molecular flexibility index (Phi) is 2.88. The minimum Gasteiger partial charge on any atom is -0.0773 e. The molecule has 1 fully saturated rings. The predicted molar refractivity (Wildman–Crippen MR) is 111 cm³/mol. The van der Waals surface area contributed by atoms with E-state index in [0.29, 0.717) is 11.3 Å². The molecule has 3 aliphatic rings. The number of hydrogen-bond acceptors (Lipinski definition) is 0. The highest BCUT2D eigenvalue weighted by Gasteiger charge is 2.61. The molecule has 0 radical (unpaired) electrons. The van der Waals surface area contributed by atoms with Gasteiger partial charge in [-0.25, -0.2) is 0 Å². The second-order valence-corrected chi connectivity index (χ2v) is 8.45. The van der Waals surface area contributed by atoms with Crippen LogP contribution in [0.5, 0.6) is 0 Å². The molecule has 2 atom stereocenters. The molecule has 0 heterocycles. The van der Waals surface area contributed by atoms with Crippen molar-refractivity contribution in [1.82, 2.24) is 0 Å². The maximum Gasteiger partial charge on any atom is 0.0679 e. The molecule has 0 N–H and O–H groups in total. The number of rotatable bonds is 2. The van der Waals surface area contributed by atoms with Crippen molar-refractivity contribution in [3.8, 4) is 0 Å². The average Bonchev–Trinajstić information content (AvgIpc) is 3.33. The minimum atomic E-state index is -0.179. The van der Waals surface area contributed by atoms with Crippen molar-refractivity contribution in [3.05, 3.63) is 125 Å². The second-order valence-electron chi connectivity index (χ2n) is 8.45. The number of hydrogen-bond donors (Lipinski definition) is 0. The van der Waals surface area contributed by atoms with Crippen LogP contribution in [0.25, 0.3) is 5.57 Å². The Morgan fingerprint density at radius 1 is 0.741 bits per heavy atom. The molecule has 1 saturated carbocycles. The standard InChI is InChI=1S/C27H22/c1-26-17-16-22-21-14-8-9-15-23(21)27(25(22)24(26)18-26,19-10-4-2-5-11-19)20-12-6-3-7-13-20/h2-17,24H,18H2,1H3. The maximum absolute atomic E-state index is 2.46. The topological polar surface area (TPSA) is 0 Å². The number of benzene rings is 3. The third kappa shape index (κ3) is 1.83. The molecule has 0 spiro atoms. The summed E-state index contributed by atoms with van der Waals surface area (Å²) in [4.78, 5) is 0. The van der Waals surface area contributed by atoms with Crippen LogP contribution < -0.4 is 0 Å². The van der Waals surface area contributed by atoms with Gasteiger partial charge in [-0.1, -0.05) is 104 Å². The number of fused-ring (bicyclic) bond motifs is 4. The molecule has 0 amide bonds. The van der Waals surface area contributed by atoms with Crippen molar-refractivity contribution in [2.45, 2.75) is 18.8 Å². The Balaban J connectivity index is 1.77. The SMILES string of the molecule is CC12C=CC3=C(C1C2)C(c1ccccc1)(c1ccccc1)c1ccccc13. The summed E-state index contributed by atoms with van der Waals surface area (Å²) in [7, 11) is 0. The molecule has 0 aromatic heterocycles. The molecule has 27 heavy (non-hydrogen) atoms. The Morgan fingerprint density at radius 2 is 1.33 bits per heavy atom. The van der Waals surface area contributed by atoms with Gasteiger partial charge in [-0.15, -0.1) is 0 Å². The smallest absolute Gasteiger partial charge is 0.0679 e. The Bertz CT molecular complexity index is 1060. The summed E-state index contributed by atoms with van der Waals surface area (Å²) in [6.07, 6.45) is 6.13. The van der Waals surface area contributed by atoms with Crippen molar-refractivity contribution in [2.24, 2.45) is 11.3 Å². The summed E-state index contributed by atoms with van der Waals surface area (Å²) in [6, 6.07) is 31.3. The first kappa shape index (κ1) is 15.2. The van der Waals surface area contributed by atoms with Gasteiger partial charge in [0, 0.05) is 0 Å². The summed E-state index contributed by atoms with van der Waals surface area (Å²) in [6.45, 7) is 2.42. The molecule has 2 unspecified atom stereocenters. The fourth-order valence-corrected chi connectivity index (χ4v) is 5.60. The lowest BCUT2D eigenvalue weighted by molar-refractivity contribution is 0.607. The van der Waals surface area contributed by atoms with Crippen molar-refractivity contribution in [3.63, 3.8) is 0 Å². The highest BCUT2D eigenvalue weighted by molar-refractivity contribution is 5.92. The molecule has 130 valence electrons. The van der Waals surface area contributed by atoms with Crippen LogP contribution in [0.15, 0.2) is 103 Å². The van der Waals surface area contributed by atoms with Crippen LogP contribution in [0.2, 0.25) is 0 Å². The first-order valence-corrected chi connectivity index (χ1v) is 9.90. The lowest BCUT2D eigenvalue weighted by atomic mass is 9.64. The zero-order valence-electron chi connectivity index (χ0n) is 15.5. The van der Waals surface area contributed by atoms with Crippen molar-refractivity contribution < 1.29 is 0 Å². The van der Waals surface area contributed by atoms with Gasteiger partial charge >= 0.3 is 0 Å². The van der Waals surface area contributed by atoms with Crippen molar-refractivity contribution >= 4 is 5.57 Å². The normalized spacial score (nSPS) is 26.3. The van der Waals surface area contributed by atoms with Gasteiger partial charge in [0.25, 0.3) is 0 Å². The van der Waals surface area contributed by atoms with Crippen LogP contribution in [0.1, 0.15) is 35.6 Å². The second kappa shape index (κ2) is 5.10. The van der Waals surface area contributed by atoms with Gasteiger partial charge in [0.05, 0.1) is 5.41 Å². The van der Waals surface area contributed by atoms with Gasteiger partial charge in [0.1, 0.15) is 0 Å². The van der Waals surface area contributed by atoms with Crippen LogP contribution in [-0.2, 0) is 5.41 Å². The summed E-state index contributed by atoms with van der Waals surface area (Å²) in [5.74, 6) is 0.630. The van der Waals surface area contributed by atoms with Gasteiger partial charge in [0.2, 0.25) is 0 Å². The maximum atomic E-state index is 2.46. The monoisotopic (exact) mass is 346 g/mol. The minimum absolute atomic E-state index is 0.179.